The number of aliphatic hydroxyl groups is 2. The second-order valence-electron chi connectivity index (χ2n) is 9.50. The summed E-state index contributed by atoms with van der Waals surface area (Å²) < 4.78 is 5.70. The van der Waals surface area contributed by atoms with Crippen LogP contribution in [-0.4, -0.2) is 77.6 Å². The van der Waals surface area contributed by atoms with Crippen molar-refractivity contribution in [2.24, 2.45) is 5.73 Å². The smallest absolute Gasteiger partial charge is 0.158 e. The summed E-state index contributed by atoms with van der Waals surface area (Å²) in [6, 6.07) is 6.27. The van der Waals surface area contributed by atoms with E-state index in [1.165, 1.54) is 0 Å². The maximum atomic E-state index is 10.3. The Kier molecular flexibility index (Phi) is 8.27. The lowest BCUT2D eigenvalue weighted by atomic mass is 9.93. The van der Waals surface area contributed by atoms with Crippen LogP contribution in [0.25, 0.3) is 0 Å². The normalized spacial score (nSPS) is 22.1. The maximum absolute atomic E-state index is 10.3. The topological polar surface area (TPSA) is 132 Å². The van der Waals surface area contributed by atoms with E-state index in [4.69, 9.17) is 15.5 Å². The van der Waals surface area contributed by atoms with Gasteiger partial charge in [-0.05, 0) is 51.3 Å². The summed E-state index contributed by atoms with van der Waals surface area (Å²) >= 11 is 0. The Morgan fingerprint density at radius 1 is 1.11 bits per heavy atom. The van der Waals surface area contributed by atoms with Crippen molar-refractivity contribution in [1.82, 2.24) is 14.9 Å². The highest BCUT2D eigenvalue weighted by Gasteiger charge is 2.23. The molecule has 1 aromatic heterocycles. The van der Waals surface area contributed by atoms with Crippen LogP contribution in [0.3, 0.4) is 0 Å². The molecule has 0 bridgehead atoms. The van der Waals surface area contributed by atoms with Gasteiger partial charge in [-0.1, -0.05) is 6.92 Å². The molecule has 0 radical (unpaired) electrons. The van der Waals surface area contributed by atoms with Crippen molar-refractivity contribution >= 4 is 23.0 Å². The predicted molar refractivity (Wildman–Crippen MR) is 138 cm³/mol. The highest BCUT2D eigenvalue weighted by Crippen LogP contribution is 2.34. The lowest BCUT2D eigenvalue weighted by Gasteiger charge is -2.34. The van der Waals surface area contributed by atoms with Gasteiger partial charge in [-0.15, -0.1) is 0 Å². The zero-order chi connectivity index (χ0) is 24.9. The van der Waals surface area contributed by atoms with E-state index in [2.05, 4.69) is 38.5 Å². The number of anilines is 4. The number of piperazine rings is 1. The van der Waals surface area contributed by atoms with Gasteiger partial charge < -0.3 is 41.1 Å². The second-order valence-corrected chi connectivity index (χ2v) is 9.50. The lowest BCUT2D eigenvalue weighted by molar-refractivity contribution is 0.126. The second kappa shape index (κ2) is 11.4. The van der Waals surface area contributed by atoms with E-state index in [1.54, 1.807) is 7.11 Å². The lowest BCUT2D eigenvalue weighted by Crippen LogP contribution is -2.44. The van der Waals surface area contributed by atoms with Gasteiger partial charge in [0.25, 0.3) is 0 Å². The van der Waals surface area contributed by atoms with Gasteiger partial charge in [0.15, 0.2) is 5.82 Å². The summed E-state index contributed by atoms with van der Waals surface area (Å²) in [5.74, 6) is 1.74. The monoisotopic (exact) mass is 485 g/mol. The van der Waals surface area contributed by atoms with Gasteiger partial charge in [0, 0.05) is 44.0 Å². The van der Waals surface area contributed by atoms with Gasteiger partial charge in [0.2, 0.25) is 0 Å². The van der Waals surface area contributed by atoms with Crippen LogP contribution in [0.15, 0.2) is 18.2 Å². The minimum absolute atomic E-state index is 0.219. The molecule has 2 aliphatic rings. The van der Waals surface area contributed by atoms with Gasteiger partial charge >= 0.3 is 0 Å². The first kappa shape index (κ1) is 25.4. The van der Waals surface area contributed by atoms with E-state index < -0.39 is 6.23 Å². The number of nitrogens with one attached hydrogen (secondary N) is 2. The third-order valence-corrected chi connectivity index (χ3v) is 6.95. The van der Waals surface area contributed by atoms with Gasteiger partial charge in [-0.3, -0.25) is 0 Å². The summed E-state index contributed by atoms with van der Waals surface area (Å²) in [6.45, 7) is 5.98. The quantitative estimate of drug-likeness (QED) is 0.355. The molecule has 2 fully saturated rings. The van der Waals surface area contributed by atoms with Crippen LogP contribution in [0.2, 0.25) is 0 Å². The molecule has 192 valence electrons. The van der Waals surface area contributed by atoms with Crippen molar-refractivity contribution in [2.45, 2.75) is 57.4 Å². The van der Waals surface area contributed by atoms with Gasteiger partial charge in [-0.2, -0.15) is 0 Å². The molecule has 1 atom stereocenters. The Bertz CT molecular complexity index is 987. The molecule has 10 nitrogen and oxygen atoms in total. The molecule has 10 heteroatoms. The molecule has 1 aromatic carbocycles. The molecule has 1 aliphatic carbocycles. The number of ether oxygens (including phenoxy) is 1. The van der Waals surface area contributed by atoms with Crippen LogP contribution in [0.1, 0.15) is 50.2 Å². The average molecular weight is 486 g/mol. The molecule has 6 N–H and O–H groups in total. The predicted octanol–water partition coefficient (Wildman–Crippen LogP) is 2.21. The summed E-state index contributed by atoms with van der Waals surface area (Å²) in [5.41, 5.74) is 8.73. The molecule has 1 saturated heterocycles. The van der Waals surface area contributed by atoms with Crippen LogP contribution >= 0.6 is 0 Å². The first-order chi connectivity index (χ1) is 16.9. The number of nitrogens with zero attached hydrogens (tertiary/aromatic N) is 4. The molecule has 35 heavy (non-hydrogen) atoms. The van der Waals surface area contributed by atoms with E-state index in [0.29, 0.717) is 23.8 Å². The number of aliphatic hydroxyl groups excluding tert-OH is 2. The number of rotatable bonds is 8. The number of aryl methyl sites for hydroxylation is 1. The van der Waals surface area contributed by atoms with E-state index in [-0.39, 0.29) is 17.8 Å². The number of nitrogens with two attached hydrogens (primary N) is 1. The number of aromatic nitrogens is 2. The molecule has 0 amide bonds. The van der Waals surface area contributed by atoms with Crippen molar-refractivity contribution < 1.29 is 14.9 Å². The van der Waals surface area contributed by atoms with E-state index in [1.807, 2.05) is 19.1 Å². The zero-order valence-corrected chi connectivity index (χ0v) is 21.0. The number of methoxy groups -OCH3 is 1. The zero-order valence-electron chi connectivity index (χ0n) is 21.0. The largest absolute Gasteiger partial charge is 0.494 e. The number of benzene rings is 1. The van der Waals surface area contributed by atoms with Crippen LogP contribution in [0.5, 0.6) is 5.75 Å². The van der Waals surface area contributed by atoms with Crippen molar-refractivity contribution in [2.75, 3.05) is 55.9 Å². The summed E-state index contributed by atoms with van der Waals surface area (Å²) in [5, 5.41) is 26.9. The van der Waals surface area contributed by atoms with E-state index in [9.17, 15) is 10.2 Å². The minimum Gasteiger partial charge on any atom is -0.494 e. The van der Waals surface area contributed by atoms with Gasteiger partial charge in [-0.25, -0.2) is 9.97 Å². The Morgan fingerprint density at radius 3 is 2.46 bits per heavy atom. The van der Waals surface area contributed by atoms with Crippen molar-refractivity contribution in [1.29, 1.82) is 0 Å². The fraction of sp³-hybridized carbons (Fsp3) is 0.600. The van der Waals surface area contributed by atoms with E-state index in [0.717, 1.165) is 68.9 Å². The molecule has 1 saturated carbocycles. The number of likely N-dealkylation sites (N-methyl/N-ethyl adjacent to an activating group) is 1. The number of hydrogen-bond acceptors (Lipinski definition) is 10. The van der Waals surface area contributed by atoms with Crippen molar-refractivity contribution in [3.8, 4) is 5.75 Å². The van der Waals surface area contributed by atoms with Gasteiger partial charge in [0.1, 0.15) is 23.5 Å². The van der Waals surface area contributed by atoms with Crippen LogP contribution < -0.4 is 26.0 Å². The Morgan fingerprint density at radius 2 is 1.83 bits per heavy atom. The molecule has 2 aromatic rings. The molecular weight excluding hydrogens is 446 g/mol. The van der Waals surface area contributed by atoms with Gasteiger partial charge in [0.05, 0.1) is 24.6 Å². The highest BCUT2D eigenvalue weighted by atomic mass is 16.5. The minimum atomic E-state index is -1.27. The average Bonchev–Trinajstić information content (AvgIpc) is 2.86. The maximum Gasteiger partial charge on any atom is 0.158 e. The van der Waals surface area contributed by atoms with Crippen LogP contribution in [0.4, 0.5) is 23.0 Å². The molecule has 1 aliphatic heterocycles. The molecule has 4 rings (SSSR count). The van der Waals surface area contributed by atoms with Crippen molar-refractivity contribution in [3.05, 3.63) is 29.6 Å². The fourth-order valence-electron chi connectivity index (χ4n) is 4.73. The Balaban J connectivity index is 1.60. The van der Waals surface area contributed by atoms with Crippen molar-refractivity contribution in [3.63, 3.8) is 0 Å². The molecular formula is C25H39N7O3. The summed E-state index contributed by atoms with van der Waals surface area (Å²) in [6.07, 6.45) is 2.44. The van der Waals surface area contributed by atoms with Crippen LogP contribution in [0, 0.1) is 0 Å². The standard InChI is InChI=1S/C25H39N7O3/c1-4-19-24(27-16-5-8-18(33)9-6-16)30-25(22(28-19)23(26)34)29-20-10-7-17(15-21(20)35-3)32-13-11-31(2)12-14-32/h7,10,15-16,18,23,33-34H,4-6,8-9,11-14,26H2,1-3H3,(H2,27,29,30)/t16-,18-,23?. The van der Waals surface area contributed by atoms with Crippen LogP contribution in [-0.2, 0) is 6.42 Å². The Hall–Kier alpha value is -2.66. The Labute approximate surface area is 207 Å². The summed E-state index contributed by atoms with van der Waals surface area (Å²) in [7, 11) is 3.78. The summed E-state index contributed by atoms with van der Waals surface area (Å²) in [4.78, 5) is 14.1. The molecule has 1 unspecified atom stereocenters. The first-order valence-electron chi connectivity index (χ1n) is 12.6. The third-order valence-electron chi connectivity index (χ3n) is 6.95. The van der Waals surface area contributed by atoms with E-state index >= 15 is 0 Å². The number of hydrogen-bond donors (Lipinski definition) is 5. The highest BCUT2D eigenvalue weighted by molar-refractivity contribution is 5.71. The first-order valence-corrected chi connectivity index (χ1v) is 12.6. The molecule has 0 spiro atoms. The third kappa shape index (κ3) is 6.13. The SMILES string of the molecule is CCc1nc(C(N)O)c(Nc2ccc(N3CCN(C)CC3)cc2OC)nc1N[C@H]1CC[C@H](O)CC1. The fourth-order valence-corrected chi connectivity index (χ4v) is 4.73. The molecule has 2 heterocycles.